The number of amides is 1. The van der Waals surface area contributed by atoms with Gasteiger partial charge >= 0.3 is 0 Å². The van der Waals surface area contributed by atoms with Crippen LogP contribution in [0.1, 0.15) is 29.0 Å². The second-order valence-corrected chi connectivity index (χ2v) is 7.49. The van der Waals surface area contributed by atoms with E-state index in [4.69, 9.17) is 9.47 Å². The minimum absolute atomic E-state index is 0.147. The van der Waals surface area contributed by atoms with Crippen LogP contribution < -0.4 is 14.8 Å². The Morgan fingerprint density at radius 1 is 1.07 bits per heavy atom. The lowest BCUT2D eigenvalue weighted by molar-refractivity contribution is -0.115. The number of carbonyl (C=O) groups is 1. The number of hydrogen-bond donors (Lipinski definition) is 1. The molecule has 0 bridgehead atoms. The van der Waals surface area contributed by atoms with E-state index < -0.39 is 0 Å². The van der Waals surface area contributed by atoms with Crippen LogP contribution in [0, 0.1) is 0 Å². The average Bonchev–Trinajstić information content (AvgIpc) is 3.14. The predicted molar refractivity (Wildman–Crippen MR) is 110 cm³/mol. The molecule has 0 spiro atoms. The monoisotopic (exact) mass is 397 g/mol. The molecule has 0 saturated carbocycles. The summed E-state index contributed by atoms with van der Waals surface area (Å²) in [4.78, 5) is 12.3. The first-order valence-corrected chi connectivity index (χ1v) is 9.78. The van der Waals surface area contributed by atoms with Crippen molar-refractivity contribution in [3.8, 4) is 11.5 Å². The van der Waals surface area contributed by atoms with Crippen LogP contribution in [0.3, 0.4) is 0 Å². The molecule has 0 aliphatic heterocycles. The molecular formula is C21H23N3O3S. The predicted octanol–water partition coefficient (Wildman–Crippen LogP) is 4.08. The highest BCUT2D eigenvalue weighted by Crippen LogP contribution is 2.28. The zero-order valence-corrected chi connectivity index (χ0v) is 17.0. The molecule has 0 radical (unpaired) electrons. The van der Waals surface area contributed by atoms with Crippen molar-refractivity contribution < 1.29 is 14.3 Å². The van der Waals surface area contributed by atoms with Crippen molar-refractivity contribution in [1.29, 1.82) is 0 Å². The van der Waals surface area contributed by atoms with E-state index in [9.17, 15) is 4.79 Å². The maximum absolute atomic E-state index is 12.3. The molecule has 1 unspecified atom stereocenters. The van der Waals surface area contributed by atoms with E-state index in [0.29, 0.717) is 22.5 Å². The molecule has 28 heavy (non-hydrogen) atoms. The Kier molecular flexibility index (Phi) is 6.60. The van der Waals surface area contributed by atoms with Crippen LogP contribution in [0.2, 0.25) is 0 Å². The van der Waals surface area contributed by atoms with Gasteiger partial charge in [-0.3, -0.25) is 4.79 Å². The van der Waals surface area contributed by atoms with Crippen molar-refractivity contribution in [3.05, 3.63) is 64.7 Å². The number of nitrogens with zero attached hydrogens (tertiary/aromatic N) is 2. The minimum atomic E-state index is -0.147. The summed E-state index contributed by atoms with van der Waals surface area (Å²) in [7, 11) is 3.15. The maximum atomic E-state index is 12.3. The van der Waals surface area contributed by atoms with Gasteiger partial charge in [0.15, 0.2) is 11.5 Å². The standard InChI is InChI=1S/C21H23N3O3S/c1-14(16-7-5-4-6-8-16)11-20-23-24-21(28-20)22-19(25)13-15-9-10-17(26-2)18(12-15)27-3/h4-10,12,14H,11,13H2,1-3H3,(H,22,24,25). The Morgan fingerprint density at radius 2 is 1.82 bits per heavy atom. The smallest absolute Gasteiger partial charge is 0.230 e. The van der Waals surface area contributed by atoms with Crippen molar-refractivity contribution in [3.63, 3.8) is 0 Å². The lowest BCUT2D eigenvalue weighted by Gasteiger charge is -2.09. The topological polar surface area (TPSA) is 73.3 Å². The second-order valence-electron chi connectivity index (χ2n) is 6.43. The summed E-state index contributed by atoms with van der Waals surface area (Å²) in [5, 5.41) is 12.5. The summed E-state index contributed by atoms with van der Waals surface area (Å²) in [5.41, 5.74) is 2.09. The number of aromatic nitrogens is 2. The molecule has 0 aliphatic carbocycles. The average molecular weight is 398 g/mol. The number of rotatable bonds is 8. The molecule has 1 atom stereocenters. The highest BCUT2D eigenvalue weighted by molar-refractivity contribution is 7.15. The molecule has 1 heterocycles. The first kappa shape index (κ1) is 19.8. The van der Waals surface area contributed by atoms with Crippen LogP contribution in [0.5, 0.6) is 11.5 Å². The fourth-order valence-corrected chi connectivity index (χ4v) is 3.77. The first-order valence-electron chi connectivity index (χ1n) is 8.97. The number of ether oxygens (including phenoxy) is 2. The van der Waals surface area contributed by atoms with Crippen LogP contribution >= 0.6 is 11.3 Å². The van der Waals surface area contributed by atoms with E-state index in [0.717, 1.165) is 17.0 Å². The number of benzene rings is 2. The SMILES string of the molecule is COc1ccc(CC(=O)Nc2nnc(CC(C)c3ccccc3)s2)cc1OC. The van der Waals surface area contributed by atoms with E-state index in [2.05, 4.69) is 34.6 Å². The van der Waals surface area contributed by atoms with Crippen LogP contribution in [0.15, 0.2) is 48.5 Å². The molecule has 3 rings (SSSR count). The van der Waals surface area contributed by atoms with E-state index in [1.807, 2.05) is 24.3 Å². The Morgan fingerprint density at radius 3 is 2.54 bits per heavy atom. The third-order valence-electron chi connectivity index (χ3n) is 4.38. The molecule has 0 saturated heterocycles. The summed E-state index contributed by atoms with van der Waals surface area (Å²) in [5.74, 6) is 1.42. The van der Waals surface area contributed by atoms with Gasteiger partial charge in [-0.25, -0.2) is 0 Å². The van der Waals surface area contributed by atoms with E-state index in [-0.39, 0.29) is 12.3 Å². The lowest BCUT2D eigenvalue weighted by Crippen LogP contribution is -2.14. The summed E-state index contributed by atoms with van der Waals surface area (Å²) < 4.78 is 10.5. The van der Waals surface area contributed by atoms with E-state index in [1.165, 1.54) is 16.9 Å². The van der Waals surface area contributed by atoms with Gasteiger partial charge < -0.3 is 14.8 Å². The molecule has 3 aromatic rings. The maximum Gasteiger partial charge on any atom is 0.230 e. The molecule has 0 fully saturated rings. The Balaban J connectivity index is 1.58. The zero-order chi connectivity index (χ0) is 19.9. The van der Waals surface area contributed by atoms with Crippen molar-refractivity contribution >= 4 is 22.4 Å². The van der Waals surface area contributed by atoms with Gasteiger partial charge in [-0.15, -0.1) is 10.2 Å². The summed E-state index contributed by atoms with van der Waals surface area (Å²) in [6, 6.07) is 15.7. The number of carbonyl (C=O) groups excluding carboxylic acids is 1. The van der Waals surface area contributed by atoms with Gasteiger partial charge in [0.05, 0.1) is 20.6 Å². The van der Waals surface area contributed by atoms with Crippen LogP contribution in [0.25, 0.3) is 0 Å². The Bertz CT molecular complexity index is 928. The quantitative estimate of drug-likeness (QED) is 0.620. The summed E-state index contributed by atoms with van der Waals surface area (Å²) in [6.45, 7) is 2.16. The van der Waals surface area contributed by atoms with Gasteiger partial charge in [-0.1, -0.05) is 54.7 Å². The van der Waals surface area contributed by atoms with Crippen molar-refractivity contribution in [2.24, 2.45) is 0 Å². The molecule has 6 nitrogen and oxygen atoms in total. The normalized spacial score (nSPS) is 11.7. The van der Waals surface area contributed by atoms with E-state index in [1.54, 1.807) is 26.4 Å². The zero-order valence-electron chi connectivity index (χ0n) is 16.1. The van der Waals surface area contributed by atoms with Crippen molar-refractivity contribution in [1.82, 2.24) is 10.2 Å². The van der Waals surface area contributed by atoms with Gasteiger partial charge in [-0.05, 0) is 29.2 Å². The number of hydrogen-bond acceptors (Lipinski definition) is 6. The molecule has 146 valence electrons. The molecular weight excluding hydrogens is 374 g/mol. The molecule has 0 aliphatic rings. The summed E-state index contributed by atoms with van der Waals surface area (Å²) >= 11 is 1.41. The highest BCUT2D eigenvalue weighted by Gasteiger charge is 2.13. The van der Waals surface area contributed by atoms with Gasteiger partial charge in [0.1, 0.15) is 5.01 Å². The summed E-state index contributed by atoms with van der Waals surface area (Å²) in [6.07, 6.45) is 1.00. The molecule has 7 heteroatoms. The Hall–Kier alpha value is -2.93. The van der Waals surface area contributed by atoms with E-state index >= 15 is 0 Å². The van der Waals surface area contributed by atoms with Crippen molar-refractivity contribution in [2.45, 2.75) is 25.7 Å². The molecule has 1 N–H and O–H groups in total. The molecule has 1 aromatic heterocycles. The van der Waals surface area contributed by atoms with Crippen molar-refractivity contribution in [2.75, 3.05) is 19.5 Å². The fourth-order valence-electron chi connectivity index (χ4n) is 2.89. The largest absolute Gasteiger partial charge is 0.493 e. The lowest BCUT2D eigenvalue weighted by atomic mass is 9.98. The number of methoxy groups -OCH3 is 2. The highest BCUT2D eigenvalue weighted by atomic mass is 32.1. The van der Waals surface area contributed by atoms with Gasteiger partial charge in [0.25, 0.3) is 0 Å². The fraction of sp³-hybridized carbons (Fsp3) is 0.286. The third-order valence-corrected chi connectivity index (χ3v) is 5.24. The number of anilines is 1. The second kappa shape index (κ2) is 9.32. The third kappa shape index (κ3) is 5.07. The van der Waals surface area contributed by atoms with Crippen LogP contribution in [-0.2, 0) is 17.6 Å². The van der Waals surface area contributed by atoms with Crippen LogP contribution in [-0.4, -0.2) is 30.3 Å². The molecule has 2 aromatic carbocycles. The van der Waals surface area contributed by atoms with Gasteiger partial charge in [0.2, 0.25) is 11.0 Å². The molecule has 1 amide bonds. The van der Waals surface area contributed by atoms with Gasteiger partial charge in [-0.2, -0.15) is 0 Å². The van der Waals surface area contributed by atoms with Crippen LogP contribution in [0.4, 0.5) is 5.13 Å². The minimum Gasteiger partial charge on any atom is -0.493 e. The first-order chi connectivity index (χ1) is 13.6. The van der Waals surface area contributed by atoms with Gasteiger partial charge in [0, 0.05) is 6.42 Å². The Labute approximate surface area is 168 Å². The number of nitrogens with one attached hydrogen (secondary N) is 1.